The van der Waals surface area contributed by atoms with E-state index in [2.05, 4.69) is 12.5 Å². The van der Waals surface area contributed by atoms with Gasteiger partial charge in [-0.15, -0.1) is 23.5 Å². The van der Waals surface area contributed by atoms with Crippen LogP contribution in [0.15, 0.2) is 0 Å². The average Bonchev–Trinajstić information content (AvgIpc) is 2.33. The molecule has 0 aromatic heterocycles. The largest absolute Gasteiger partial charge is 0.393 e. The van der Waals surface area contributed by atoms with Gasteiger partial charge >= 0.3 is 0 Å². The van der Waals surface area contributed by atoms with E-state index < -0.39 is 0 Å². The lowest BCUT2D eigenvalue weighted by Gasteiger charge is -2.23. The maximum absolute atomic E-state index is 9.30. The summed E-state index contributed by atoms with van der Waals surface area (Å²) in [6.45, 7) is 0. The third-order valence-corrected chi connectivity index (χ3v) is 5.38. The summed E-state index contributed by atoms with van der Waals surface area (Å²) >= 11 is 3.77. The predicted octanol–water partition coefficient (Wildman–Crippen LogP) is 1.95. The van der Waals surface area contributed by atoms with Gasteiger partial charge in [0.15, 0.2) is 0 Å². The monoisotopic (exact) mass is 178 g/mol. The maximum Gasteiger partial charge on any atom is 0.0631 e. The molecular formula is C7H14OS2. The van der Waals surface area contributed by atoms with E-state index in [0.717, 1.165) is 19.3 Å². The first kappa shape index (κ1) is 8.75. The minimum Gasteiger partial charge on any atom is -0.393 e. The zero-order valence-electron chi connectivity index (χ0n) is 6.46. The Morgan fingerprint density at radius 1 is 1.40 bits per heavy atom. The summed E-state index contributed by atoms with van der Waals surface area (Å²) in [7, 11) is 0. The molecule has 1 aliphatic carbocycles. The summed E-state index contributed by atoms with van der Waals surface area (Å²) < 4.78 is 0.333. The van der Waals surface area contributed by atoms with Gasteiger partial charge in [-0.05, 0) is 31.8 Å². The van der Waals surface area contributed by atoms with E-state index >= 15 is 0 Å². The Morgan fingerprint density at radius 2 is 2.00 bits per heavy atom. The number of hydrogen-bond donors (Lipinski definition) is 1. The van der Waals surface area contributed by atoms with Gasteiger partial charge in [0.05, 0.1) is 10.2 Å². The predicted molar refractivity (Wildman–Crippen MR) is 49.6 cm³/mol. The fraction of sp³-hybridized carbons (Fsp3) is 1.00. The van der Waals surface area contributed by atoms with Crippen LogP contribution in [0.25, 0.3) is 0 Å². The molecule has 0 heterocycles. The lowest BCUT2D eigenvalue weighted by Crippen LogP contribution is -2.15. The van der Waals surface area contributed by atoms with Crippen LogP contribution in [0.3, 0.4) is 0 Å². The number of aliphatic hydroxyl groups excluding tert-OH is 1. The minimum atomic E-state index is -0.0418. The molecule has 0 amide bonds. The smallest absolute Gasteiger partial charge is 0.0631 e. The van der Waals surface area contributed by atoms with Crippen molar-refractivity contribution in [2.75, 3.05) is 12.5 Å². The summed E-state index contributed by atoms with van der Waals surface area (Å²) in [5.41, 5.74) is 0. The van der Waals surface area contributed by atoms with Crippen LogP contribution in [0.4, 0.5) is 0 Å². The Balaban J connectivity index is 2.51. The van der Waals surface area contributed by atoms with Crippen LogP contribution in [0.5, 0.6) is 0 Å². The van der Waals surface area contributed by atoms with Crippen molar-refractivity contribution in [1.82, 2.24) is 0 Å². The van der Waals surface area contributed by atoms with Gasteiger partial charge in [0.2, 0.25) is 0 Å². The molecule has 1 saturated carbocycles. The van der Waals surface area contributed by atoms with Crippen molar-refractivity contribution in [1.29, 1.82) is 0 Å². The van der Waals surface area contributed by atoms with Crippen LogP contribution in [0, 0.1) is 0 Å². The maximum atomic E-state index is 9.30. The molecule has 0 aromatic carbocycles. The molecule has 0 radical (unpaired) electrons. The van der Waals surface area contributed by atoms with E-state index in [4.69, 9.17) is 0 Å². The first-order valence-corrected chi connectivity index (χ1v) is 5.96. The number of aliphatic hydroxyl groups is 1. The first-order chi connectivity index (χ1) is 4.72. The van der Waals surface area contributed by atoms with Crippen molar-refractivity contribution in [3.8, 4) is 0 Å². The van der Waals surface area contributed by atoms with Gasteiger partial charge in [-0.25, -0.2) is 0 Å². The number of thioether (sulfide) groups is 2. The zero-order valence-corrected chi connectivity index (χ0v) is 8.10. The fourth-order valence-corrected chi connectivity index (χ4v) is 3.43. The van der Waals surface area contributed by atoms with Crippen LogP contribution in [-0.2, 0) is 0 Å². The second-order valence-electron chi connectivity index (χ2n) is 2.72. The van der Waals surface area contributed by atoms with Gasteiger partial charge in [-0.3, -0.25) is 0 Å². The molecule has 1 rings (SSSR count). The zero-order chi connectivity index (χ0) is 7.61. The second-order valence-corrected chi connectivity index (χ2v) is 5.35. The highest BCUT2D eigenvalue weighted by molar-refractivity contribution is 8.17. The van der Waals surface area contributed by atoms with Crippen molar-refractivity contribution < 1.29 is 5.11 Å². The summed E-state index contributed by atoms with van der Waals surface area (Å²) in [5, 5.41) is 9.30. The lowest BCUT2D eigenvalue weighted by atomic mass is 10.3. The van der Waals surface area contributed by atoms with E-state index in [1.807, 2.05) is 23.5 Å². The van der Waals surface area contributed by atoms with Gasteiger partial charge < -0.3 is 5.11 Å². The average molecular weight is 178 g/mol. The third kappa shape index (κ3) is 1.63. The molecule has 0 unspecified atom stereocenters. The van der Waals surface area contributed by atoms with Crippen LogP contribution >= 0.6 is 23.5 Å². The first-order valence-electron chi connectivity index (χ1n) is 3.51. The molecule has 1 N–H and O–H groups in total. The standard InChI is InChI=1S/C7H14OS2/c1-9-7(10-2)4-3-6(8)5-7/h6,8H,3-5H2,1-2H3/t6-/m0/s1. The topological polar surface area (TPSA) is 20.2 Å². The van der Waals surface area contributed by atoms with Crippen molar-refractivity contribution in [2.24, 2.45) is 0 Å². The quantitative estimate of drug-likeness (QED) is 0.653. The highest BCUT2D eigenvalue weighted by atomic mass is 32.2. The van der Waals surface area contributed by atoms with E-state index in [9.17, 15) is 5.11 Å². The van der Waals surface area contributed by atoms with E-state index in [0.29, 0.717) is 4.08 Å². The SMILES string of the molecule is CSC1(SC)CC[C@H](O)C1. The van der Waals surface area contributed by atoms with E-state index in [-0.39, 0.29) is 6.10 Å². The molecule has 0 spiro atoms. The Bertz CT molecular complexity index is 112. The van der Waals surface area contributed by atoms with Crippen molar-refractivity contribution in [3.63, 3.8) is 0 Å². The Hall–Kier alpha value is 0.660. The third-order valence-electron chi connectivity index (χ3n) is 2.15. The molecule has 1 fully saturated rings. The van der Waals surface area contributed by atoms with Crippen molar-refractivity contribution in [2.45, 2.75) is 29.4 Å². The number of hydrogen-bond acceptors (Lipinski definition) is 3. The molecule has 1 aliphatic rings. The molecule has 0 aliphatic heterocycles. The van der Waals surface area contributed by atoms with Gasteiger partial charge in [-0.2, -0.15) is 0 Å². The van der Waals surface area contributed by atoms with E-state index in [1.54, 1.807) is 0 Å². The normalized spacial score (nSPS) is 30.9. The molecule has 3 heteroatoms. The Kier molecular flexibility index (Phi) is 2.95. The molecule has 1 nitrogen and oxygen atoms in total. The van der Waals surface area contributed by atoms with E-state index in [1.165, 1.54) is 0 Å². The second kappa shape index (κ2) is 3.37. The molecule has 0 bridgehead atoms. The van der Waals surface area contributed by atoms with Gasteiger partial charge in [0.25, 0.3) is 0 Å². The summed E-state index contributed by atoms with van der Waals surface area (Å²) in [4.78, 5) is 0. The highest BCUT2D eigenvalue weighted by Crippen LogP contribution is 2.47. The van der Waals surface area contributed by atoms with Crippen LogP contribution in [0.1, 0.15) is 19.3 Å². The summed E-state index contributed by atoms with van der Waals surface area (Å²) in [5.74, 6) is 0. The fourth-order valence-electron chi connectivity index (χ4n) is 1.40. The minimum absolute atomic E-state index is 0.0418. The van der Waals surface area contributed by atoms with Crippen molar-refractivity contribution in [3.05, 3.63) is 0 Å². The lowest BCUT2D eigenvalue weighted by molar-refractivity contribution is 0.183. The van der Waals surface area contributed by atoms with Crippen molar-refractivity contribution >= 4 is 23.5 Å². The molecule has 10 heavy (non-hydrogen) atoms. The van der Waals surface area contributed by atoms with Gasteiger partial charge in [-0.1, -0.05) is 0 Å². The summed E-state index contributed by atoms with van der Waals surface area (Å²) in [6.07, 6.45) is 7.34. The molecule has 0 saturated heterocycles. The highest BCUT2D eigenvalue weighted by Gasteiger charge is 2.36. The molecule has 0 aromatic rings. The van der Waals surface area contributed by atoms with Gasteiger partial charge in [0, 0.05) is 0 Å². The van der Waals surface area contributed by atoms with Crippen LogP contribution in [-0.4, -0.2) is 27.8 Å². The van der Waals surface area contributed by atoms with Crippen LogP contribution in [0.2, 0.25) is 0 Å². The number of rotatable bonds is 2. The van der Waals surface area contributed by atoms with Crippen LogP contribution < -0.4 is 0 Å². The summed E-state index contributed by atoms with van der Waals surface area (Å²) in [6, 6.07) is 0. The Labute approximate surface area is 71.0 Å². The van der Waals surface area contributed by atoms with Gasteiger partial charge in [0.1, 0.15) is 0 Å². The molecule has 60 valence electrons. The Morgan fingerprint density at radius 3 is 2.20 bits per heavy atom. The molecule has 1 atom stereocenters. The molecular weight excluding hydrogens is 164 g/mol.